The predicted octanol–water partition coefficient (Wildman–Crippen LogP) is 2.14. The van der Waals surface area contributed by atoms with Gasteiger partial charge in [0.2, 0.25) is 0 Å². The second kappa shape index (κ2) is 6.50. The van der Waals surface area contributed by atoms with E-state index in [-0.39, 0.29) is 18.1 Å². The van der Waals surface area contributed by atoms with Crippen molar-refractivity contribution in [3.8, 4) is 11.3 Å². The van der Waals surface area contributed by atoms with Gasteiger partial charge in [0.15, 0.2) is 11.5 Å². The maximum atomic E-state index is 12.1. The van der Waals surface area contributed by atoms with Crippen molar-refractivity contribution in [2.45, 2.75) is 6.10 Å². The molecule has 23 heavy (non-hydrogen) atoms. The van der Waals surface area contributed by atoms with Gasteiger partial charge in [-0.1, -0.05) is 35.5 Å². The van der Waals surface area contributed by atoms with E-state index in [0.717, 1.165) is 11.3 Å². The van der Waals surface area contributed by atoms with Crippen LogP contribution in [-0.4, -0.2) is 27.3 Å². The molecule has 6 nitrogen and oxygen atoms in total. The van der Waals surface area contributed by atoms with Crippen LogP contribution in [0.1, 0.15) is 22.3 Å². The summed E-state index contributed by atoms with van der Waals surface area (Å²) in [6, 6.07) is 14.6. The van der Waals surface area contributed by atoms with Crippen LogP contribution in [0.4, 0.5) is 0 Å². The fraction of sp³-hybridized carbons (Fsp3) is 0.176. The van der Waals surface area contributed by atoms with E-state index in [1.54, 1.807) is 16.7 Å². The summed E-state index contributed by atoms with van der Waals surface area (Å²) in [5.41, 5.74) is 1.77. The van der Waals surface area contributed by atoms with Gasteiger partial charge in [0.05, 0.1) is 0 Å². The lowest BCUT2D eigenvalue weighted by molar-refractivity contribution is 0.0903. The first kappa shape index (κ1) is 15.1. The summed E-state index contributed by atoms with van der Waals surface area (Å²) < 4.78 is 7.00. The number of nitrogens with one attached hydrogen (secondary N) is 1. The Hall–Kier alpha value is -2.86. The summed E-state index contributed by atoms with van der Waals surface area (Å²) in [6.45, 7) is 0.101. The minimum atomic E-state index is -0.778. The van der Waals surface area contributed by atoms with E-state index >= 15 is 0 Å². The van der Waals surface area contributed by atoms with E-state index in [2.05, 4.69) is 10.5 Å². The van der Waals surface area contributed by atoms with Crippen molar-refractivity contribution in [2.24, 2.45) is 7.05 Å². The molecule has 1 aromatic carbocycles. The highest BCUT2D eigenvalue weighted by atomic mass is 16.5. The second-order valence-electron chi connectivity index (χ2n) is 5.21. The molecule has 3 aromatic rings. The quantitative estimate of drug-likeness (QED) is 0.756. The Morgan fingerprint density at radius 1 is 1.30 bits per heavy atom. The van der Waals surface area contributed by atoms with Crippen molar-refractivity contribution in [1.29, 1.82) is 0 Å². The minimum Gasteiger partial charge on any atom is -0.385 e. The molecular formula is C17H17N3O3. The highest BCUT2D eigenvalue weighted by Gasteiger charge is 2.16. The fourth-order valence-corrected chi connectivity index (χ4v) is 2.33. The average Bonchev–Trinajstić information content (AvgIpc) is 3.22. The van der Waals surface area contributed by atoms with Gasteiger partial charge in [-0.25, -0.2) is 0 Å². The number of aromatic nitrogens is 2. The van der Waals surface area contributed by atoms with Gasteiger partial charge in [-0.2, -0.15) is 0 Å². The van der Waals surface area contributed by atoms with Crippen LogP contribution in [0.2, 0.25) is 0 Å². The predicted molar refractivity (Wildman–Crippen MR) is 84.6 cm³/mol. The Bertz CT molecular complexity index is 792. The smallest absolute Gasteiger partial charge is 0.273 e. The second-order valence-corrected chi connectivity index (χ2v) is 5.21. The lowest BCUT2D eigenvalue weighted by Gasteiger charge is -2.12. The third kappa shape index (κ3) is 3.32. The van der Waals surface area contributed by atoms with Crippen molar-refractivity contribution in [3.05, 3.63) is 66.1 Å². The lowest BCUT2D eigenvalue weighted by Crippen LogP contribution is -2.29. The number of hydrogen-bond acceptors (Lipinski definition) is 4. The van der Waals surface area contributed by atoms with E-state index in [1.807, 2.05) is 49.6 Å². The van der Waals surface area contributed by atoms with Gasteiger partial charge < -0.3 is 19.5 Å². The SMILES string of the molecule is Cn1cccc1C(O)CNC(=O)c1cc(-c2ccccc2)on1. The number of hydrogen-bond donors (Lipinski definition) is 2. The lowest BCUT2D eigenvalue weighted by atomic mass is 10.1. The molecule has 1 atom stereocenters. The maximum Gasteiger partial charge on any atom is 0.273 e. The number of carbonyl (C=O) groups is 1. The van der Waals surface area contributed by atoms with Gasteiger partial charge in [0.1, 0.15) is 6.10 Å². The summed E-state index contributed by atoms with van der Waals surface area (Å²) in [4.78, 5) is 12.1. The fourth-order valence-electron chi connectivity index (χ4n) is 2.33. The van der Waals surface area contributed by atoms with Crippen molar-refractivity contribution >= 4 is 5.91 Å². The zero-order valence-corrected chi connectivity index (χ0v) is 12.6. The van der Waals surface area contributed by atoms with E-state index in [0.29, 0.717) is 5.76 Å². The van der Waals surface area contributed by atoms with Crippen LogP contribution in [0.3, 0.4) is 0 Å². The number of rotatable bonds is 5. The Morgan fingerprint density at radius 3 is 2.78 bits per heavy atom. The summed E-state index contributed by atoms with van der Waals surface area (Å²) in [5, 5.41) is 16.5. The molecule has 0 aliphatic heterocycles. The Kier molecular flexibility index (Phi) is 4.25. The number of aryl methyl sites for hydroxylation is 1. The number of benzene rings is 1. The minimum absolute atomic E-state index is 0.101. The molecule has 0 spiro atoms. The van der Waals surface area contributed by atoms with Crippen molar-refractivity contribution in [1.82, 2.24) is 15.0 Å². The highest BCUT2D eigenvalue weighted by Crippen LogP contribution is 2.19. The zero-order valence-electron chi connectivity index (χ0n) is 12.6. The van der Waals surface area contributed by atoms with E-state index < -0.39 is 6.10 Å². The summed E-state index contributed by atoms with van der Waals surface area (Å²) in [6.07, 6.45) is 1.06. The van der Waals surface area contributed by atoms with Gasteiger partial charge in [-0.15, -0.1) is 0 Å². The maximum absolute atomic E-state index is 12.1. The molecule has 2 N–H and O–H groups in total. The molecule has 0 aliphatic rings. The van der Waals surface area contributed by atoms with Gasteiger partial charge in [0.25, 0.3) is 5.91 Å². The number of nitrogens with zero attached hydrogens (tertiary/aromatic N) is 2. The standard InChI is InChI=1S/C17H17N3O3/c1-20-9-5-8-14(20)15(21)11-18-17(22)13-10-16(23-19-13)12-6-3-2-4-7-12/h2-10,15,21H,11H2,1H3,(H,18,22). The molecule has 118 valence electrons. The normalized spacial score (nSPS) is 12.1. The third-order valence-electron chi connectivity index (χ3n) is 3.58. The molecule has 0 radical (unpaired) electrons. The Morgan fingerprint density at radius 2 is 2.09 bits per heavy atom. The Labute approximate surface area is 133 Å². The molecule has 1 unspecified atom stereocenters. The summed E-state index contributed by atoms with van der Waals surface area (Å²) >= 11 is 0. The van der Waals surface area contributed by atoms with Gasteiger partial charge in [-0.05, 0) is 12.1 Å². The van der Waals surface area contributed by atoms with E-state index in [9.17, 15) is 9.90 Å². The van der Waals surface area contributed by atoms with E-state index in [4.69, 9.17) is 4.52 Å². The highest BCUT2D eigenvalue weighted by molar-refractivity contribution is 5.93. The molecule has 0 saturated heterocycles. The molecule has 0 saturated carbocycles. The number of amides is 1. The first-order chi connectivity index (χ1) is 11.1. The molecule has 0 fully saturated rings. The number of carbonyl (C=O) groups excluding carboxylic acids is 1. The first-order valence-corrected chi connectivity index (χ1v) is 7.25. The largest absolute Gasteiger partial charge is 0.385 e. The molecule has 1 amide bonds. The van der Waals surface area contributed by atoms with Crippen LogP contribution in [0.5, 0.6) is 0 Å². The molecule has 3 rings (SSSR count). The zero-order chi connectivity index (χ0) is 16.2. The van der Waals surface area contributed by atoms with Crippen LogP contribution in [0.25, 0.3) is 11.3 Å². The molecular weight excluding hydrogens is 294 g/mol. The van der Waals surface area contributed by atoms with Crippen LogP contribution < -0.4 is 5.32 Å². The Balaban J connectivity index is 1.63. The van der Waals surface area contributed by atoms with E-state index in [1.165, 1.54) is 0 Å². The van der Waals surface area contributed by atoms with Crippen molar-refractivity contribution < 1.29 is 14.4 Å². The van der Waals surface area contributed by atoms with Gasteiger partial charge in [0, 0.05) is 37.1 Å². The van der Waals surface area contributed by atoms with Crippen molar-refractivity contribution in [2.75, 3.05) is 6.54 Å². The average molecular weight is 311 g/mol. The van der Waals surface area contributed by atoms with Crippen LogP contribution >= 0.6 is 0 Å². The third-order valence-corrected chi connectivity index (χ3v) is 3.58. The number of aliphatic hydroxyl groups excluding tert-OH is 1. The van der Waals surface area contributed by atoms with Crippen LogP contribution in [-0.2, 0) is 7.05 Å². The van der Waals surface area contributed by atoms with Crippen molar-refractivity contribution in [3.63, 3.8) is 0 Å². The van der Waals surface area contributed by atoms with Gasteiger partial charge in [-0.3, -0.25) is 4.79 Å². The number of aliphatic hydroxyl groups is 1. The molecule has 2 heterocycles. The summed E-state index contributed by atoms with van der Waals surface area (Å²) in [7, 11) is 1.84. The first-order valence-electron chi connectivity index (χ1n) is 7.25. The topological polar surface area (TPSA) is 80.3 Å². The molecule has 0 aliphatic carbocycles. The van der Waals surface area contributed by atoms with Crippen LogP contribution in [0.15, 0.2) is 59.3 Å². The summed E-state index contributed by atoms with van der Waals surface area (Å²) in [5.74, 6) is 0.142. The molecule has 6 heteroatoms. The molecule has 0 bridgehead atoms. The van der Waals surface area contributed by atoms with Crippen LogP contribution in [0, 0.1) is 0 Å². The molecule has 2 aromatic heterocycles. The van der Waals surface area contributed by atoms with Gasteiger partial charge >= 0.3 is 0 Å². The monoisotopic (exact) mass is 311 g/mol.